The van der Waals surface area contributed by atoms with Gasteiger partial charge in [-0.25, -0.2) is 0 Å². The quantitative estimate of drug-likeness (QED) is 0.413. The van der Waals surface area contributed by atoms with Crippen molar-refractivity contribution in [1.82, 2.24) is 0 Å². The molecule has 2 aliphatic heterocycles. The van der Waals surface area contributed by atoms with Crippen molar-refractivity contribution in [3.8, 4) is 0 Å². The first kappa shape index (κ1) is 26.2. The molecule has 10 nitrogen and oxygen atoms in total. The SMILES string of the molecule is C1C[N-]1.C1C[N-]1.CC(=N[O-])C(C)=N[O-].CC(=N[O-])C(C)=N[O-].[Co+2]. The fraction of sp³-hybridized carbons (Fsp3) is 0.667. The predicted molar refractivity (Wildman–Crippen MR) is 92.1 cm³/mol. The van der Waals surface area contributed by atoms with Crippen LogP contribution in [0.3, 0.4) is 0 Å². The van der Waals surface area contributed by atoms with Gasteiger partial charge in [-0.3, -0.25) is 0 Å². The van der Waals surface area contributed by atoms with Gasteiger partial charge in [0.2, 0.25) is 0 Å². The van der Waals surface area contributed by atoms with Gasteiger partial charge in [-0.1, -0.05) is 0 Å². The minimum Gasteiger partial charge on any atom is -0.792 e. The Hall–Kier alpha value is -1.69. The molecule has 11 heteroatoms. The molecular weight excluding hydrogens is 351 g/mol. The van der Waals surface area contributed by atoms with E-state index in [0.717, 1.165) is 26.2 Å². The van der Waals surface area contributed by atoms with E-state index in [1.165, 1.54) is 27.7 Å². The molecule has 0 unspecified atom stereocenters. The summed E-state index contributed by atoms with van der Waals surface area (Å²) in [5, 5.41) is 55.9. The molecule has 0 saturated carbocycles. The number of nitrogens with zero attached hydrogens (tertiary/aromatic N) is 6. The maximum Gasteiger partial charge on any atom is 2.00 e. The van der Waals surface area contributed by atoms with E-state index < -0.39 is 0 Å². The minimum atomic E-state index is 0. The predicted octanol–water partition coefficient (Wildman–Crippen LogP) is 2.55. The standard InChI is InChI=1S/2C4H8N2O2.2C2H4N.Co/c2*1-3(5-7)4(2)6-8;2*1-2-3-1;/h2*7-8H,1-2H3;2*1-2H2;/q;;2*-1;+2/p-4. The van der Waals surface area contributed by atoms with Gasteiger partial charge in [0.25, 0.3) is 0 Å². The van der Waals surface area contributed by atoms with Crippen LogP contribution < -0.4 is 0 Å². The molecule has 0 spiro atoms. The van der Waals surface area contributed by atoms with Crippen LogP contribution in [0, 0.1) is 20.8 Å². The van der Waals surface area contributed by atoms with Gasteiger partial charge in [0.15, 0.2) is 0 Å². The van der Waals surface area contributed by atoms with Gasteiger partial charge in [-0.05, 0) is 27.7 Å². The monoisotopic (exact) mass is 371 g/mol. The summed E-state index contributed by atoms with van der Waals surface area (Å²) in [4.78, 5) is 0. The third-order valence-electron chi connectivity index (χ3n) is 2.04. The van der Waals surface area contributed by atoms with Crippen LogP contribution in [0.15, 0.2) is 20.6 Å². The van der Waals surface area contributed by atoms with Gasteiger partial charge < -0.3 is 52.1 Å². The Morgan fingerprint density at radius 3 is 0.739 bits per heavy atom. The molecule has 23 heavy (non-hydrogen) atoms. The zero-order valence-electron chi connectivity index (χ0n) is 13.5. The fourth-order valence-corrected chi connectivity index (χ4v) is 0.264. The molecule has 0 aromatic heterocycles. The average molecular weight is 371 g/mol. The molecule has 0 aromatic carbocycles. The van der Waals surface area contributed by atoms with E-state index in [9.17, 15) is 20.8 Å². The van der Waals surface area contributed by atoms with Crippen LogP contribution in [-0.4, -0.2) is 49.0 Å². The molecule has 2 rings (SSSR count). The second-order valence-electron chi connectivity index (χ2n) is 4.05. The van der Waals surface area contributed by atoms with Crippen molar-refractivity contribution < 1.29 is 16.8 Å². The third-order valence-corrected chi connectivity index (χ3v) is 2.04. The third kappa shape index (κ3) is 25.6. The molecule has 2 heterocycles. The van der Waals surface area contributed by atoms with E-state index in [1.54, 1.807) is 0 Å². The largest absolute Gasteiger partial charge is 2.00 e. The van der Waals surface area contributed by atoms with Gasteiger partial charge in [-0.15, -0.1) is 0 Å². The molecule has 135 valence electrons. The second-order valence-corrected chi connectivity index (χ2v) is 4.05. The van der Waals surface area contributed by atoms with Crippen molar-refractivity contribution in [3.63, 3.8) is 0 Å². The minimum absolute atomic E-state index is 0. The van der Waals surface area contributed by atoms with E-state index in [0.29, 0.717) is 0 Å². The van der Waals surface area contributed by atoms with Crippen LogP contribution in [0.5, 0.6) is 0 Å². The van der Waals surface area contributed by atoms with Crippen molar-refractivity contribution in [3.05, 3.63) is 31.5 Å². The first-order valence-electron chi connectivity index (χ1n) is 6.39. The van der Waals surface area contributed by atoms with Gasteiger partial charge in [0.1, 0.15) is 0 Å². The maximum absolute atomic E-state index is 9.60. The van der Waals surface area contributed by atoms with Crippen LogP contribution in [0.25, 0.3) is 10.6 Å². The number of hydrogen-bond acceptors (Lipinski definition) is 8. The van der Waals surface area contributed by atoms with Crippen molar-refractivity contribution in [2.24, 2.45) is 20.6 Å². The normalized spacial score (nSPS) is 16.2. The topological polar surface area (TPSA) is 170 Å². The van der Waals surface area contributed by atoms with E-state index in [-0.39, 0.29) is 39.6 Å². The number of rotatable bonds is 2. The number of hydrogen-bond donors (Lipinski definition) is 0. The molecule has 0 aliphatic carbocycles. The summed E-state index contributed by atoms with van der Waals surface area (Å²) in [6.45, 7) is 10.2. The van der Waals surface area contributed by atoms with Gasteiger partial charge in [-0.2, -0.15) is 26.2 Å². The Morgan fingerprint density at radius 1 is 0.565 bits per heavy atom. The van der Waals surface area contributed by atoms with Crippen molar-refractivity contribution in [1.29, 1.82) is 0 Å². The van der Waals surface area contributed by atoms with Gasteiger partial charge in [0.05, 0.1) is 0 Å². The summed E-state index contributed by atoms with van der Waals surface area (Å²) in [5.74, 6) is 0. The van der Waals surface area contributed by atoms with Crippen molar-refractivity contribution in [2.75, 3.05) is 26.2 Å². The molecular formula is C12H20CoN6O4-4. The zero-order chi connectivity index (χ0) is 17.4. The maximum atomic E-state index is 9.60. The Balaban J connectivity index is -0.000000247. The fourth-order valence-electron chi connectivity index (χ4n) is 0.264. The van der Waals surface area contributed by atoms with Crippen LogP contribution in [0.1, 0.15) is 27.7 Å². The smallest absolute Gasteiger partial charge is 0.792 e. The molecule has 0 N–H and O–H groups in total. The molecule has 2 fully saturated rings. The Morgan fingerprint density at radius 2 is 0.696 bits per heavy atom. The summed E-state index contributed by atoms with van der Waals surface area (Å²) in [5.41, 5.74) is 0.556. The molecule has 1 radical (unpaired) electrons. The molecule has 0 aromatic rings. The van der Waals surface area contributed by atoms with E-state index in [1.807, 2.05) is 0 Å². The first-order valence-corrected chi connectivity index (χ1v) is 6.39. The summed E-state index contributed by atoms with van der Waals surface area (Å²) >= 11 is 0. The molecule has 2 aliphatic rings. The Bertz CT molecular complexity index is 333. The van der Waals surface area contributed by atoms with Crippen LogP contribution in [-0.2, 0) is 16.8 Å². The van der Waals surface area contributed by atoms with E-state index >= 15 is 0 Å². The second kappa shape index (κ2) is 18.4. The van der Waals surface area contributed by atoms with E-state index in [4.69, 9.17) is 0 Å². The van der Waals surface area contributed by atoms with Crippen molar-refractivity contribution in [2.45, 2.75) is 27.7 Å². The first-order chi connectivity index (χ1) is 10.4. The molecule has 0 amide bonds. The molecule has 2 saturated heterocycles. The molecule has 0 bridgehead atoms. The van der Waals surface area contributed by atoms with Crippen LogP contribution >= 0.6 is 0 Å². The van der Waals surface area contributed by atoms with Crippen LogP contribution in [0.2, 0.25) is 0 Å². The van der Waals surface area contributed by atoms with Crippen LogP contribution in [0.4, 0.5) is 0 Å². The van der Waals surface area contributed by atoms with Gasteiger partial charge in [0, 0.05) is 22.8 Å². The zero-order valence-corrected chi connectivity index (χ0v) is 14.5. The summed E-state index contributed by atoms with van der Waals surface area (Å²) in [7, 11) is 0. The summed E-state index contributed by atoms with van der Waals surface area (Å²) < 4.78 is 0. The molecule has 0 atom stereocenters. The van der Waals surface area contributed by atoms with E-state index in [2.05, 4.69) is 31.3 Å². The summed E-state index contributed by atoms with van der Waals surface area (Å²) in [6.07, 6.45) is 0. The Labute approximate surface area is 146 Å². The Kier molecular flexibility index (Phi) is 20.9. The summed E-state index contributed by atoms with van der Waals surface area (Å²) in [6, 6.07) is 0. The van der Waals surface area contributed by atoms with Crippen molar-refractivity contribution >= 4 is 22.8 Å². The van der Waals surface area contributed by atoms with Gasteiger partial charge >= 0.3 is 16.8 Å². The average Bonchev–Trinajstić information content (AvgIpc) is 3.40.